The summed E-state index contributed by atoms with van der Waals surface area (Å²) in [5, 5.41) is 7.21. The molecular weight excluding hydrogens is 348 g/mol. The molecular formula is C20H17ClN4O. The Hall–Kier alpha value is -3.05. The maximum absolute atomic E-state index is 6.02. The van der Waals surface area contributed by atoms with Gasteiger partial charge in [0, 0.05) is 35.6 Å². The number of halogens is 1. The van der Waals surface area contributed by atoms with E-state index in [1.807, 2.05) is 66.9 Å². The summed E-state index contributed by atoms with van der Waals surface area (Å²) in [4.78, 5) is 8.90. The van der Waals surface area contributed by atoms with Gasteiger partial charge >= 0.3 is 0 Å². The molecule has 0 spiro atoms. The van der Waals surface area contributed by atoms with Crippen LogP contribution in [0.4, 0.5) is 17.4 Å². The first-order valence-corrected chi connectivity index (χ1v) is 8.72. The van der Waals surface area contributed by atoms with Gasteiger partial charge in [-0.05, 0) is 42.5 Å². The van der Waals surface area contributed by atoms with Crippen molar-refractivity contribution >= 4 is 40.1 Å². The first kappa shape index (κ1) is 16.4. The normalized spacial score (nSPS) is 10.8. The molecule has 6 heteroatoms. The second-order valence-corrected chi connectivity index (χ2v) is 6.24. The minimum Gasteiger partial charge on any atom is -0.423 e. The van der Waals surface area contributed by atoms with E-state index in [2.05, 4.69) is 20.6 Å². The molecule has 0 aliphatic carbocycles. The van der Waals surface area contributed by atoms with Crippen LogP contribution in [0.25, 0.3) is 11.1 Å². The lowest BCUT2D eigenvalue weighted by Crippen LogP contribution is -2.06. The molecule has 26 heavy (non-hydrogen) atoms. The molecule has 0 aliphatic rings. The highest BCUT2D eigenvalue weighted by Gasteiger charge is 2.10. The molecule has 0 unspecified atom stereocenters. The van der Waals surface area contributed by atoms with Gasteiger partial charge in [-0.15, -0.1) is 0 Å². The monoisotopic (exact) mass is 364 g/mol. The molecule has 5 nitrogen and oxygen atoms in total. The number of benzene rings is 2. The second-order valence-electron chi connectivity index (χ2n) is 5.80. The molecule has 0 fully saturated rings. The van der Waals surface area contributed by atoms with Gasteiger partial charge in [-0.25, -0.2) is 0 Å². The summed E-state index contributed by atoms with van der Waals surface area (Å²) in [5.74, 6) is 0. The highest BCUT2D eigenvalue weighted by molar-refractivity contribution is 6.30. The van der Waals surface area contributed by atoms with Crippen LogP contribution in [0, 0.1) is 0 Å². The summed E-state index contributed by atoms with van der Waals surface area (Å²) in [6, 6.07) is 19.6. The molecule has 0 aliphatic heterocycles. The lowest BCUT2D eigenvalue weighted by molar-refractivity contribution is 0.623. The standard InChI is InChI=1S/C20H17ClN4O/c21-14-5-3-7-16(13-14)24-20-25-19-17(8-4-9-18(19)26-20)23-12-10-15-6-1-2-11-22-15/h1-9,11,13,23H,10,12H2,(H,24,25). The molecule has 2 aromatic carbocycles. The number of anilines is 3. The van der Waals surface area contributed by atoms with Crippen molar-refractivity contribution in [1.29, 1.82) is 0 Å². The van der Waals surface area contributed by atoms with Crippen molar-refractivity contribution in [3.63, 3.8) is 0 Å². The molecule has 0 saturated carbocycles. The largest absolute Gasteiger partial charge is 0.423 e. The maximum Gasteiger partial charge on any atom is 0.300 e. The first-order chi connectivity index (χ1) is 12.8. The molecule has 0 bridgehead atoms. The van der Waals surface area contributed by atoms with Gasteiger partial charge in [0.15, 0.2) is 5.58 Å². The molecule has 2 heterocycles. The predicted molar refractivity (Wildman–Crippen MR) is 105 cm³/mol. The summed E-state index contributed by atoms with van der Waals surface area (Å²) >= 11 is 6.02. The lowest BCUT2D eigenvalue weighted by Gasteiger charge is -2.06. The number of para-hydroxylation sites is 1. The fraction of sp³-hybridized carbons (Fsp3) is 0.100. The highest BCUT2D eigenvalue weighted by Crippen LogP contribution is 2.28. The van der Waals surface area contributed by atoms with E-state index in [1.54, 1.807) is 0 Å². The second kappa shape index (κ2) is 7.45. The Labute approximate surface area is 156 Å². The molecule has 0 saturated heterocycles. The Balaban J connectivity index is 1.50. The summed E-state index contributed by atoms with van der Waals surface area (Å²) in [7, 11) is 0. The quantitative estimate of drug-likeness (QED) is 0.487. The van der Waals surface area contributed by atoms with Crippen LogP contribution in [0.15, 0.2) is 71.3 Å². The third-order valence-electron chi connectivity index (χ3n) is 3.92. The van der Waals surface area contributed by atoms with Crippen LogP contribution in [0.5, 0.6) is 0 Å². The van der Waals surface area contributed by atoms with E-state index in [9.17, 15) is 0 Å². The first-order valence-electron chi connectivity index (χ1n) is 8.34. The average molecular weight is 365 g/mol. The van der Waals surface area contributed by atoms with Crippen molar-refractivity contribution in [2.45, 2.75) is 6.42 Å². The van der Waals surface area contributed by atoms with Crippen LogP contribution in [-0.4, -0.2) is 16.5 Å². The molecule has 4 rings (SSSR count). The Bertz CT molecular complexity index is 1020. The molecule has 0 amide bonds. The number of rotatable bonds is 6. The minimum atomic E-state index is 0.432. The number of nitrogens with one attached hydrogen (secondary N) is 2. The Morgan fingerprint density at radius 3 is 2.77 bits per heavy atom. The number of nitrogens with zero attached hydrogens (tertiary/aromatic N) is 2. The maximum atomic E-state index is 6.02. The van der Waals surface area contributed by atoms with Crippen molar-refractivity contribution in [3.05, 3.63) is 77.6 Å². The van der Waals surface area contributed by atoms with E-state index in [0.717, 1.165) is 41.1 Å². The van der Waals surface area contributed by atoms with Gasteiger partial charge in [-0.2, -0.15) is 4.98 Å². The summed E-state index contributed by atoms with van der Waals surface area (Å²) in [6.45, 7) is 0.764. The predicted octanol–water partition coefficient (Wildman–Crippen LogP) is 5.27. The number of oxazole rings is 1. The van der Waals surface area contributed by atoms with Crippen LogP contribution >= 0.6 is 11.6 Å². The van der Waals surface area contributed by atoms with Crippen molar-refractivity contribution in [3.8, 4) is 0 Å². The van der Waals surface area contributed by atoms with Gasteiger partial charge in [0.05, 0.1) is 5.69 Å². The number of pyridine rings is 1. The van der Waals surface area contributed by atoms with E-state index in [0.29, 0.717) is 11.0 Å². The van der Waals surface area contributed by atoms with Crippen LogP contribution < -0.4 is 10.6 Å². The highest BCUT2D eigenvalue weighted by atomic mass is 35.5. The SMILES string of the molecule is Clc1cccc(Nc2nc3c(NCCc4ccccn4)cccc3o2)c1. The Morgan fingerprint density at radius 2 is 1.92 bits per heavy atom. The molecule has 2 aromatic heterocycles. The van der Waals surface area contributed by atoms with Gasteiger partial charge in [-0.3, -0.25) is 4.98 Å². The topological polar surface area (TPSA) is 63.0 Å². The third-order valence-corrected chi connectivity index (χ3v) is 4.15. The van der Waals surface area contributed by atoms with Gasteiger partial charge in [0.2, 0.25) is 0 Å². The van der Waals surface area contributed by atoms with Gasteiger partial charge in [0.1, 0.15) is 5.52 Å². The van der Waals surface area contributed by atoms with Gasteiger partial charge in [0.25, 0.3) is 6.01 Å². The summed E-state index contributed by atoms with van der Waals surface area (Å²) in [6.07, 6.45) is 2.64. The van der Waals surface area contributed by atoms with E-state index in [-0.39, 0.29) is 0 Å². The minimum absolute atomic E-state index is 0.432. The van der Waals surface area contributed by atoms with Crippen molar-refractivity contribution in [1.82, 2.24) is 9.97 Å². The Morgan fingerprint density at radius 1 is 1.00 bits per heavy atom. The van der Waals surface area contributed by atoms with E-state index >= 15 is 0 Å². The van der Waals surface area contributed by atoms with Crippen LogP contribution in [0.2, 0.25) is 5.02 Å². The summed E-state index contributed by atoms with van der Waals surface area (Å²) < 4.78 is 5.80. The zero-order valence-corrected chi connectivity index (χ0v) is 14.7. The Kier molecular flexibility index (Phi) is 4.71. The van der Waals surface area contributed by atoms with Crippen molar-refractivity contribution < 1.29 is 4.42 Å². The van der Waals surface area contributed by atoms with Crippen LogP contribution in [0.3, 0.4) is 0 Å². The fourth-order valence-corrected chi connectivity index (χ4v) is 2.90. The van der Waals surface area contributed by atoms with E-state index in [1.165, 1.54) is 0 Å². The average Bonchev–Trinajstić information content (AvgIpc) is 3.06. The molecule has 4 aromatic rings. The van der Waals surface area contributed by atoms with Gasteiger partial charge in [-0.1, -0.05) is 29.8 Å². The van der Waals surface area contributed by atoms with Crippen LogP contribution in [0.1, 0.15) is 5.69 Å². The number of aromatic nitrogens is 2. The third kappa shape index (κ3) is 3.78. The molecule has 0 atom stereocenters. The molecule has 130 valence electrons. The number of hydrogen-bond donors (Lipinski definition) is 2. The van der Waals surface area contributed by atoms with Crippen molar-refractivity contribution in [2.24, 2.45) is 0 Å². The molecule has 2 N–H and O–H groups in total. The van der Waals surface area contributed by atoms with Crippen molar-refractivity contribution in [2.75, 3.05) is 17.2 Å². The lowest BCUT2D eigenvalue weighted by atomic mass is 10.2. The zero-order valence-electron chi connectivity index (χ0n) is 13.9. The molecule has 0 radical (unpaired) electrons. The number of hydrogen-bond acceptors (Lipinski definition) is 5. The van der Waals surface area contributed by atoms with Gasteiger partial charge < -0.3 is 15.1 Å². The zero-order chi connectivity index (χ0) is 17.8. The van der Waals surface area contributed by atoms with E-state index < -0.39 is 0 Å². The van der Waals surface area contributed by atoms with E-state index in [4.69, 9.17) is 16.0 Å². The van der Waals surface area contributed by atoms with Crippen LogP contribution in [-0.2, 0) is 6.42 Å². The fourth-order valence-electron chi connectivity index (χ4n) is 2.71. The number of fused-ring (bicyclic) bond motifs is 1. The smallest absolute Gasteiger partial charge is 0.300 e. The summed E-state index contributed by atoms with van der Waals surface area (Å²) in [5.41, 5.74) is 4.32.